The van der Waals surface area contributed by atoms with Crippen molar-refractivity contribution in [1.82, 2.24) is 4.90 Å². The van der Waals surface area contributed by atoms with Gasteiger partial charge in [-0.3, -0.25) is 14.4 Å². The maximum absolute atomic E-state index is 15.1. The second-order valence-electron chi connectivity index (χ2n) is 13.4. The number of aliphatic hydroxyl groups is 1. The van der Waals surface area contributed by atoms with Gasteiger partial charge >= 0.3 is 0 Å². The number of hydrogen-bond acceptors (Lipinski definition) is 6. The molecule has 3 saturated heterocycles. The lowest BCUT2D eigenvalue weighted by atomic mass is 9.65. The van der Waals surface area contributed by atoms with Gasteiger partial charge in [0.25, 0.3) is 5.91 Å². The second kappa shape index (κ2) is 15.3. The molecule has 258 valence electrons. The minimum atomic E-state index is -0.736. The summed E-state index contributed by atoms with van der Waals surface area (Å²) in [6, 6.07) is 12.8. The number of fused-ring (bicyclic) bond motifs is 1. The van der Waals surface area contributed by atoms with Crippen LogP contribution in [0.3, 0.4) is 0 Å². The monoisotopic (exact) mass is 673 g/mol. The van der Waals surface area contributed by atoms with Gasteiger partial charge in [-0.25, -0.2) is 0 Å². The van der Waals surface area contributed by atoms with E-state index in [-0.39, 0.29) is 35.5 Å². The highest BCUT2D eigenvalue weighted by Gasteiger charge is 2.76. The van der Waals surface area contributed by atoms with Gasteiger partial charge in [-0.15, -0.1) is 24.9 Å². The first kappa shape index (κ1) is 35.7. The lowest BCUT2D eigenvalue weighted by Gasteiger charge is -2.41. The molecule has 3 aliphatic heterocycles. The molecule has 2 aromatic rings. The molecular formula is C39H51N3O5S. The molecule has 8 nitrogen and oxygen atoms in total. The molecule has 3 heterocycles. The van der Waals surface area contributed by atoms with E-state index in [0.29, 0.717) is 32.7 Å². The van der Waals surface area contributed by atoms with Crippen molar-refractivity contribution in [2.24, 2.45) is 17.8 Å². The number of anilines is 2. The van der Waals surface area contributed by atoms with Crippen molar-refractivity contribution in [2.45, 2.75) is 75.8 Å². The van der Waals surface area contributed by atoms with Crippen LogP contribution in [-0.4, -0.2) is 76.6 Å². The molecule has 3 fully saturated rings. The Labute approximate surface area is 290 Å². The van der Waals surface area contributed by atoms with Crippen molar-refractivity contribution < 1.29 is 24.2 Å². The predicted octanol–water partition coefficient (Wildman–Crippen LogP) is 6.33. The molecule has 6 atom stereocenters. The number of hydrogen-bond donors (Lipinski definition) is 1. The Kier molecular flexibility index (Phi) is 11.4. The fourth-order valence-electron chi connectivity index (χ4n) is 8.18. The van der Waals surface area contributed by atoms with E-state index in [1.54, 1.807) is 33.7 Å². The summed E-state index contributed by atoms with van der Waals surface area (Å²) < 4.78 is 4.90. The first-order chi connectivity index (χ1) is 23.1. The van der Waals surface area contributed by atoms with Gasteiger partial charge in [0.1, 0.15) is 11.8 Å². The number of aryl methyl sites for hydroxylation is 2. The summed E-state index contributed by atoms with van der Waals surface area (Å²) >= 11 is 1.70. The Hall–Kier alpha value is -3.56. The van der Waals surface area contributed by atoms with Crippen LogP contribution in [0.5, 0.6) is 5.75 Å². The van der Waals surface area contributed by atoms with E-state index in [4.69, 9.17) is 4.74 Å². The molecule has 5 rings (SSSR count). The minimum Gasteiger partial charge on any atom is -0.494 e. The Morgan fingerprint density at radius 3 is 2.38 bits per heavy atom. The van der Waals surface area contributed by atoms with Gasteiger partial charge in [-0.2, -0.15) is 0 Å². The Morgan fingerprint density at radius 1 is 1.02 bits per heavy atom. The maximum atomic E-state index is 15.1. The molecule has 0 saturated carbocycles. The number of aliphatic hydroxyl groups excluding tert-OH is 1. The number of unbranched alkanes of at least 4 members (excludes halogenated alkanes) is 3. The number of thioether (sulfide) groups is 1. The van der Waals surface area contributed by atoms with Crippen LogP contribution in [0.25, 0.3) is 0 Å². The van der Waals surface area contributed by atoms with Crippen LogP contribution < -0.4 is 14.5 Å². The van der Waals surface area contributed by atoms with Crippen molar-refractivity contribution in [1.29, 1.82) is 0 Å². The van der Waals surface area contributed by atoms with Crippen molar-refractivity contribution in [3.8, 4) is 5.75 Å². The van der Waals surface area contributed by atoms with Gasteiger partial charge in [-0.1, -0.05) is 44.1 Å². The SMILES string of the molecule is C=CCN(C(=O)[C@@H]1[C@H]2C(=O)N(CCCCCCO)C(C(=O)N(CC=C)c3cc(C)ccc3C)C23S[C@@H]1CC3C)c1ccc(OCC)cc1. The highest BCUT2D eigenvalue weighted by molar-refractivity contribution is 8.02. The molecule has 0 aromatic heterocycles. The van der Waals surface area contributed by atoms with E-state index in [1.165, 1.54) is 0 Å². The number of nitrogens with zero attached hydrogens (tertiary/aromatic N) is 3. The van der Waals surface area contributed by atoms with E-state index < -0.39 is 22.6 Å². The van der Waals surface area contributed by atoms with E-state index in [1.807, 2.05) is 68.1 Å². The van der Waals surface area contributed by atoms with Gasteiger partial charge in [0.15, 0.2) is 0 Å². The summed E-state index contributed by atoms with van der Waals surface area (Å²) in [6.07, 6.45) is 7.33. The zero-order valence-electron chi connectivity index (χ0n) is 28.9. The Bertz CT molecular complexity index is 1510. The van der Waals surface area contributed by atoms with E-state index in [0.717, 1.165) is 53.9 Å². The maximum Gasteiger partial charge on any atom is 0.251 e. The summed E-state index contributed by atoms with van der Waals surface area (Å²) in [5, 5.41) is 9.24. The van der Waals surface area contributed by atoms with Crippen LogP contribution in [0.15, 0.2) is 67.8 Å². The number of carbonyl (C=O) groups excluding carboxylic acids is 3. The minimum absolute atomic E-state index is 0.0568. The summed E-state index contributed by atoms with van der Waals surface area (Å²) in [7, 11) is 0. The molecule has 48 heavy (non-hydrogen) atoms. The number of benzene rings is 2. The zero-order valence-corrected chi connectivity index (χ0v) is 29.7. The highest BCUT2D eigenvalue weighted by atomic mass is 32.2. The normalized spacial score (nSPS) is 25.6. The van der Waals surface area contributed by atoms with Crippen molar-refractivity contribution in [3.63, 3.8) is 0 Å². The van der Waals surface area contributed by atoms with Gasteiger partial charge in [0.05, 0.1) is 23.2 Å². The number of carbonyl (C=O) groups is 3. The lowest BCUT2D eigenvalue weighted by molar-refractivity contribution is -0.139. The Morgan fingerprint density at radius 2 is 1.71 bits per heavy atom. The number of amides is 3. The number of likely N-dealkylation sites (tertiary alicyclic amines) is 1. The molecular weight excluding hydrogens is 623 g/mol. The number of rotatable bonds is 16. The third-order valence-electron chi connectivity index (χ3n) is 10.3. The summed E-state index contributed by atoms with van der Waals surface area (Å²) in [5.74, 6) is -0.704. The third-order valence-corrected chi connectivity index (χ3v) is 12.4. The van der Waals surface area contributed by atoms with Crippen molar-refractivity contribution in [2.75, 3.05) is 42.6 Å². The van der Waals surface area contributed by atoms with Crippen LogP contribution in [0.1, 0.15) is 57.1 Å². The van der Waals surface area contributed by atoms with Gasteiger partial charge < -0.3 is 24.5 Å². The van der Waals surface area contributed by atoms with Crippen LogP contribution >= 0.6 is 11.8 Å². The third kappa shape index (κ3) is 6.43. The lowest BCUT2D eigenvalue weighted by Crippen LogP contribution is -2.58. The molecule has 9 heteroatoms. The van der Waals surface area contributed by atoms with E-state index in [2.05, 4.69) is 20.1 Å². The molecule has 1 N–H and O–H groups in total. The smallest absolute Gasteiger partial charge is 0.251 e. The number of ether oxygens (including phenoxy) is 1. The first-order valence-electron chi connectivity index (χ1n) is 17.4. The standard InChI is InChI=1S/C39H51N3O5S/c1-7-20-40(29-16-18-30(19-17-29)47-9-3)36(44)33-32-25-28(6)39(48-32)34(33)37(45)42(22-12-10-11-13-23-43)35(39)38(46)41(21-8-2)31-24-26(4)14-15-27(31)5/h7-8,14-19,24,28,32-35,43H,1-2,9-13,20-23,25H2,3-6H3/t28?,32-,33+,34+,35?,39?/m1/s1. The van der Waals surface area contributed by atoms with Crippen LogP contribution in [0.2, 0.25) is 0 Å². The van der Waals surface area contributed by atoms with Crippen LogP contribution in [0, 0.1) is 31.6 Å². The molecule has 0 radical (unpaired) electrons. The summed E-state index contributed by atoms with van der Waals surface area (Å²) in [6.45, 7) is 17.7. The predicted molar refractivity (Wildman–Crippen MR) is 195 cm³/mol. The van der Waals surface area contributed by atoms with Crippen LogP contribution in [-0.2, 0) is 14.4 Å². The molecule has 2 aromatic carbocycles. The van der Waals surface area contributed by atoms with Crippen molar-refractivity contribution in [3.05, 3.63) is 78.9 Å². The fourth-order valence-corrected chi connectivity index (χ4v) is 10.6. The van der Waals surface area contributed by atoms with Gasteiger partial charge in [-0.05, 0) is 87.4 Å². The highest BCUT2D eigenvalue weighted by Crippen LogP contribution is 2.69. The zero-order chi connectivity index (χ0) is 34.6. The Balaban J connectivity index is 1.56. The quantitative estimate of drug-likeness (QED) is 0.166. The van der Waals surface area contributed by atoms with E-state index in [9.17, 15) is 14.7 Å². The molecule has 3 amide bonds. The molecule has 3 unspecified atom stereocenters. The topological polar surface area (TPSA) is 90.4 Å². The van der Waals surface area contributed by atoms with Crippen molar-refractivity contribution >= 4 is 40.9 Å². The summed E-state index contributed by atoms with van der Waals surface area (Å²) in [4.78, 5) is 50.0. The van der Waals surface area contributed by atoms with Gasteiger partial charge in [0.2, 0.25) is 11.8 Å². The van der Waals surface area contributed by atoms with E-state index >= 15 is 4.79 Å². The first-order valence-corrected chi connectivity index (χ1v) is 18.3. The van der Waals surface area contributed by atoms with Crippen LogP contribution in [0.4, 0.5) is 11.4 Å². The molecule has 2 bridgehead atoms. The molecule has 1 spiro atoms. The largest absolute Gasteiger partial charge is 0.494 e. The average Bonchev–Trinajstić information content (AvgIpc) is 3.67. The molecule has 3 aliphatic rings. The average molecular weight is 674 g/mol. The fraction of sp³-hybridized carbons (Fsp3) is 0.513. The summed E-state index contributed by atoms with van der Waals surface area (Å²) in [5.41, 5.74) is 3.57. The second-order valence-corrected chi connectivity index (χ2v) is 15.0. The molecule has 0 aliphatic carbocycles. The van der Waals surface area contributed by atoms with Gasteiger partial charge in [0, 0.05) is 42.9 Å².